The summed E-state index contributed by atoms with van der Waals surface area (Å²) in [5.41, 5.74) is 1.04. The summed E-state index contributed by atoms with van der Waals surface area (Å²) in [5, 5.41) is 9.87. The van der Waals surface area contributed by atoms with E-state index in [-0.39, 0.29) is 0 Å². The van der Waals surface area contributed by atoms with E-state index >= 15 is 0 Å². The zero-order valence-electron chi connectivity index (χ0n) is 8.85. The highest BCUT2D eigenvalue weighted by Gasteiger charge is 2.16. The minimum absolute atomic E-state index is 0.635. The van der Waals surface area contributed by atoms with Crippen LogP contribution in [0.25, 0.3) is 10.7 Å². The third-order valence-corrected chi connectivity index (χ3v) is 4.45. The number of aromatic nitrogens is 2. The molecule has 0 aliphatic carbocycles. The first-order valence-electron chi connectivity index (χ1n) is 5.49. The Morgan fingerprint density at radius 2 is 2.44 bits per heavy atom. The van der Waals surface area contributed by atoms with Gasteiger partial charge in [-0.2, -0.15) is 0 Å². The molecule has 1 aliphatic rings. The molecule has 1 atom stereocenters. The van der Waals surface area contributed by atoms with Gasteiger partial charge < -0.3 is 5.32 Å². The van der Waals surface area contributed by atoms with Crippen molar-refractivity contribution in [2.45, 2.75) is 25.3 Å². The van der Waals surface area contributed by atoms with Crippen molar-refractivity contribution in [1.29, 1.82) is 0 Å². The molecular formula is C11H13N3S2. The largest absolute Gasteiger partial charge is 0.314 e. The van der Waals surface area contributed by atoms with Gasteiger partial charge in [0.25, 0.3) is 0 Å². The molecule has 3 nitrogen and oxygen atoms in total. The highest BCUT2D eigenvalue weighted by Crippen LogP contribution is 2.25. The van der Waals surface area contributed by atoms with Gasteiger partial charge in [-0.05, 0) is 19.4 Å². The Balaban J connectivity index is 1.72. The fraction of sp³-hybridized carbons (Fsp3) is 0.455. The first kappa shape index (κ1) is 10.4. The molecule has 3 rings (SSSR count). The molecule has 1 unspecified atom stereocenters. The summed E-state index contributed by atoms with van der Waals surface area (Å²) in [6.45, 7) is 1.16. The van der Waals surface area contributed by atoms with E-state index in [1.807, 2.05) is 11.6 Å². The van der Waals surface area contributed by atoms with Crippen LogP contribution >= 0.6 is 22.7 Å². The predicted octanol–water partition coefficient (Wildman–Crippen LogP) is 2.56. The molecule has 0 aromatic carbocycles. The number of nitrogens with zero attached hydrogens (tertiary/aromatic N) is 2. The number of rotatable bonds is 3. The molecule has 2 aromatic rings. The molecule has 1 fully saturated rings. The topological polar surface area (TPSA) is 37.8 Å². The Kier molecular flexibility index (Phi) is 2.99. The zero-order chi connectivity index (χ0) is 10.8. The highest BCUT2D eigenvalue weighted by atomic mass is 32.1. The van der Waals surface area contributed by atoms with Gasteiger partial charge in [-0.25, -0.2) is 9.97 Å². The van der Waals surface area contributed by atoms with E-state index in [0.29, 0.717) is 6.04 Å². The summed E-state index contributed by atoms with van der Waals surface area (Å²) >= 11 is 3.40. The Labute approximate surface area is 103 Å². The van der Waals surface area contributed by atoms with E-state index in [2.05, 4.69) is 20.7 Å². The molecule has 5 heteroatoms. The molecule has 0 radical (unpaired) electrons. The zero-order valence-corrected chi connectivity index (χ0v) is 10.5. The quantitative estimate of drug-likeness (QED) is 0.911. The average Bonchev–Trinajstić information content (AvgIpc) is 2.99. The summed E-state index contributed by atoms with van der Waals surface area (Å²) in [5.74, 6) is 0. The van der Waals surface area contributed by atoms with Gasteiger partial charge in [-0.1, -0.05) is 0 Å². The van der Waals surface area contributed by atoms with Crippen LogP contribution in [0.15, 0.2) is 17.0 Å². The maximum Gasteiger partial charge on any atom is 0.142 e. The molecule has 1 aliphatic heterocycles. The van der Waals surface area contributed by atoms with Crippen molar-refractivity contribution in [2.75, 3.05) is 6.54 Å². The van der Waals surface area contributed by atoms with Crippen molar-refractivity contribution in [1.82, 2.24) is 15.3 Å². The minimum Gasteiger partial charge on any atom is -0.314 e. The summed E-state index contributed by atoms with van der Waals surface area (Å²) < 4.78 is 0. The summed E-state index contributed by atoms with van der Waals surface area (Å²) in [4.78, 5) is 8.92. The summed E-state index contributed by atoms with van der Waals surface area (Å²) in [6.07, 6.45) is 5.48. The summed E-state index contributed by atoms with van der Waals surface area (Å²) in [7, 11) is 0. The minimum atomic E-state index is 0.635. The Hall–Kier alpha value is -0.780. The van der Waals surface area contributed by atoms with Crippen molar-refractivity contribution < 1.29 is 0 Å². The molecule has 0 bridgehead atoms. The number of nitrogens with one attached hydrogen (secondary N) is 1. The Morgan fingerprint density at radius 3 is 3.19 bits per heavy atom. The molecule has 0 saturated carbocycles. The van der Waals surface area contributed by atoms with Gasteiger partial charge in [0.1, 0.15) is 10.7 Å². The third-order valence-electron chi connectivity index (χ3n) is 2.79. The van der Waals surface area contributed by atoms with Crippen LogP contribution in [0.3, 0.4) is 0 Å². The van der Waals surface area contributed by atoms with Gasteiger partial charge in [0.05, 0.1) is 5.01 Å². The lowest BCUT2D eigenvalue weighted by molar-refractivity contribution is 0.601. The van der Waals surface area contributed by atoms with Crippen molar-refractivity contribution in [3.05, 3.63) is 22.0 Å². The van der Waals surface area contributed by atoms with Crippen LogP contribution < -0.4 is 5.32 Å². The summed E-state index contributed by atoms with van der Waals surface area (Å²) in [6, 6.07) is 0.635. The van der Waals surface area contributed by atoms with Gasteiger partial charge >= 0.3 is 0 Å². The van der Waals surface area contributed by atoms with Crippen LogP contribution in [0, 0.1) is 0 Å². The predicted molar refractivity (Wildman–Crippen MR) is 68.0 cm³/mol. The number of hydrogen-bond acceptors (Lipinski definition) is 5. The van der Waals surface area contributed by atoms with E-state index in [0.717, 1.165) is 23.7 Å². The second-order valence-electron chi connectivity index (χ2n) is 3.96. The monoisotopic (exact) mass is 251 g/mol. The van der Waals surface area contributed by atoms with Crippen molar-refractivity contribution in [3.8, 4) is 10.7 Å². The molecule has 1 N–H and O–H groups in total. The normalized spacial score (nSPS) is 20.4. The molecule has 84 valence electrons. The maximum absolute atomic E-state index is 4.64. The first-order chi connectivity index (χ1) is 7.92. The van der Waals surface area contributed by atoms with E-state index in [9.17, 15) is 0 Å². The fourth-order valence-electron chi connectivity index (χ4n) is 1.99. The highest BCUT2D eigenvalue weighted by molar-refractivity contribution is 7.14. The van der Waals surface area contributed by atoms with E-state index in [1.54, 1.807) is 22.7 Å². The van der Waals surface area contributed by atoms with Gasteiger partial charge in [0, 0.05) is 29.4 Å². The van der Waals surface area contributed by atoms with Gasteiger partial charge in [-0.15, -0.1) is 22.7 Å². The van der Waals surface area contributed by atoms with E-state index < -0.39 is 0 Å². The second kappa shape index (κ2) is 4.61. The lowest BCUT2D eigenvalue weighted by Gasteiger charge is -2.06. The van der Waals surface area contributed by atoms with E-state index in [4.69, 9.17) is 0 Å². The molecule has 1 saturated heterocycles. The lowest BCUT2D eigenvalue weighted by Crippen LogP contribution is -2.23. The smallest absolute Gasteiger partial charge is 0.142 e. The van der Waals surface area contributed by atoms with Gasteiger partial charge in [0.2, 0.25) is 0 Å². The first-order valence-corrected chi connectivity index (χ1v) is 7.25. The Morgan fingerprint density at radius 1 is 1.44 bits per heavy atom. The Bertz CT molecular complexity index is 444. The molecule has 2 aromatic heterocycles. The van der Waals surface area contributed by atoms with Crippen LogP contribution in [0.4, 0.5) is 0 Å². The van der Waals surface area contributed by atoms with E-state index in [1.165, 1.54) is 17.8 Å². The van der Waals surface area contributed by atoms with Gasteiger partial charge in [-0.3, -0.25) is 0 Å². The van der Waals surface area contributed by atoms with Crippen LogP contribution in [0.5, 0.6) is 0 Å². The van der Waals surface area contributed by atoms with Crippen LogP contribution in [-0.4, -0.2) is 22.6 Å². The van der Waals surface area contributed by atoms with Crippen molar-refractivity contribution >= 4 is 22.7 Å². The fourth-order valence-corrected chi connectivity index (χ4v) is 3.53. The molecule has 3 heterocycles. The molecule has 0 amide bonds. The van der Waals surface area contributed by atoms with Crippen molar-refractivity contribution in [2.24, 2.45) is 0 Å². The maximum atomic E-state index is 4.64. The molecule has 16 heavy (non-hydrogen) atoms. The van der Waals surface area contributed by atoms with Crippen LogP contribution in [0.2, 0.25) is 0 Å². The average molecular weight is 251 g/mol. The molecule has 0 spiro atoms. The third kappa shape index (κ3) is 2.16. The SMILES string of the molecule is c1csc(-c2csc(CC3CCCN3)n2)n1. The number of hydrogen-bond donors (Lipinski definition) is 1. The lowest BCUT2D eigenvalue weighted by atomic mass is 10.2. The van der Waals surface area contributed by atoms with Crippen molar-refractivity contribution in [3.63, 3.8) is 0 Å². The standard InChI is InChI=1S/C11H13N3S2/c1-2-8(12-3-1)6-10-14-9(7-16-10)11-13-4-5-15-11/h4-5,7-8,12H,1-3,6H2. The molecular weight excluding hydrogens is 238 g/mol. The van der Waals surface area contributed by atoms with Crippen LogP contribution in [-0.2, 0) is 6.42 Å². The number of thiazole rings is 2. The van der Waals surface area contributed by atoms with Gasteiger partial charge in [0.15, 0.2) is 0 Å². The second-order valence-corrected chi connectivity index (χ2v) is 5.80. The van der Waals surface area contributed by atoms with Crippen LogP contribution in [0.1, 0.15) is 17.8 Å².